The van der Waals surface area contributed by atoms with Crippen molar-refractivity contribution in [2.45, 2.75) is 33.1 Å². The number of carbonyl (C=O) groups is 1. The number of hydrogen-bond acceptors (Lipinski definition) is 4. The molecule has 2 rings (SSSR count). The zero-order valence-corrected chi connectivity index (χ0v) is 13.3. The van der Waals surface area contributed by atoms with E-state index in [4.69, 9.17) is 9.84 Å². The maximum absolute atomic E-state index is 11.1. The van der Waals surface area contributed by atoms with E-state index in [1.807, 2.05) is 12.1 Å². The van der Waals surface area contributed by atoms with E-state index >= 15 is 0 Å². The minimum atomic E-state index is -1.16. The van der Waals surface area contributed by atoms with Gasteiger partial charge in [0.15, 0.2) is 0 Å². The Hall–Kier alpha value is -2.43. The minimum Gasteiger partial charge on any atom is -0.481 e. The fourth-order valence-corrected chi connectivity index (χ4v) is 2.49. The van der Waals surface area contributed by atoms with Crippen molar-refractivity contribution in [1.29, 1.82) is 0 Å². The van der Waals surface area contributed by atoms with Gasteiger partial charge in [0, 0.05) is 17.7 Å². The first-order chi connectivity index (χ1) is 10.4. The molecule has 0 fully saturated rings. The number of aryl methyl sites for hydroxylation is 1. The highest BCUT2D eigenvalue weighted by Gasteiger charge is 2.18. The summed E-state index contributed by atoms with van der Waals surface area (Å²) in [6.45, 7) is 6.07. The smallest absolute Gasteiger partial charge is 0.374 e. The molecule has 0 aliphatic heterocycles. The second-order valence-corrected chi connectivity index (χ2v) is 5.46. The molecule has 1 heterocycles. The van der Waals surface area contributed by atoms with Crippen molar-refractivity contribution < 1.29 is 14.6 Å². The van der Waals surface area contributed by atoms with Gasteiger partial charge in [0.05, 0.1) is 7.11 Å². The molecule has 0 aliphatic rings. The number of benzene rings is 1. The molecule has 0 atom stereocenters. The van der Waals surface area contributed by atoms with Gasteiger partial charge >= 0.3 is 5.97 Å². The maximum atomic E-state index is 11.1. The van der Waals surface area contributed by atoms with Gasteiger partial charge in [0.1, 0.15) is 0 Å². The number of aromatic nitrogens is 2. The van der Waals surface area contributed by atoms with Crippen LogP contribution in [0.25, 0.3) is 0 Å². The lowest BCUT2D eigenvalue weighted by molar-refractivity contribution is 0.0682. The van der Waals surface area contributed by atoms with Gasteiger partial charge < -0.3 is 9.84 Å². The third kappa shape index (κ3) is 3.24. The van der Waals surface area contributed by atoms with Crippen molar-refractivity contribution in [2.75, 3.05) is 7.11 Å². The van der Waals surface area contributed by atoms with E-state index in [2.05, 4.69) is 35.9 Å². The number of ether oxygens (including phenoxy) is 1. The van der Waals surface area contributed by atoms with Gasteiger partial charge in [-0.3, -0.25) is 0 Å². The van der Waals surface area contributed by atoms with Crippen LogP contribution >= 0.6 is 0 Å². The van der Waals surface area contributed by atoms with E-state index in [0.29, 0.717) is 23.9 Å². The highest BCUT2D eigenvalue weighted by atomic mass is 16.5. The van der Waals surface area contributed by atoms with Gasteiger partial charge in [0.2, 0.25) is 11.7 Å². The Morgan fingerprint density at radius 1 is 1.27 bits per heavy atom. The highest BCUT2D eigenvalue weighted by Crippen LogP contribution is 2.26. The standard InChI is InChI=1S/C17H20N2O3/c1-10(2)13-8-6-5-7-12(13)9-14-11(3)18-15(17(20)21)19-16(14)22-4/h5-8,10H,9H2,1-4H3,(H,20,21). The molecule has 0 bridgehead atoms. The normalized spacial score (nSPS) is 10.8. The largest absolute Gasteiger partial charge is 0.481 e. The number of rotatable bonds is 5. The van der Waals surface area contributed by atoms with Gasteiger partial charge in [-0.15, -0.1) is 0 Å². The average Bonchev–Trinajstić information content (AvgIpc) is 2.49. The molecule has 0 amide bonds. The zero-order chi connectivity index (χ0) is 16.3. The Morgan fingerprint density at radius 2 is 1.95 bits per heavy atom. The van der Waals surface area contributed by atoms with Crippen molar-refractivity contribution in [3.05, 3.63) is 52.5 Å². The van der Waals surface area contributed by atoms with Crippen molar-refractivity contribution in [3.8, 4) is 5.88 Å². The highest BCUT2D eigenvalue weighted by molar-refractivity contribution is 5.83. The van der Waals surface area contributed by atoms with Crippen molar-refractivity contribution in [3.63, 3.8) is 0 Å². The van der Waals surface area contributed by atoms with Crippen molar-refractivity contribution in [1.82, 2.24) is 9.97 Å². The fraction of sp³-hybridized carbons (Fsp3) is 0.353. The quantitative estimate of drug-likeness (QED) is 0.918. The molecule has 1 aromatic heterocycles. The molecule has 22 heavy (non-hydrogen) atoms. The number of nitrogens with zero attached hydrogens (tertiary/aromatic N) is 2. The molecular weight excluding hydrogens is 280 g/mol. The topological polar surface area (TPSA) is 72.3 Å². The summed E-state index contributed by atoms with van der Waals surface area (Å²) in [6.07, 6.45) is 0.614. The average molecular weight is 300 g/mol. The third-order valence-electron chi connectivity index (χ3n) is 3.60. The summed E-state index contributed by atoms with van der Waals surface area (Å²) < 4.78 is 5.28. The number of carboxylic acids is 1. The van der Waals surface area contributed by atoms with Gasteiger partial charge in [0.25, 0.3) is 0 Å². The molecule has 0 radical (unpaired) electrons. The van der Waals surface area contributed by atoms with Crippen LogP contribution in [-0.4, -0.2) is 28.2 Å². The predicted molar refractivity (Wildman–Crippen MR) is 83.6 cm³/mol. The van der Waals surface area contributed by atoms with E-state index in [-0.39, 0.29) is 5.82 Å². The van der Waals surface area contributed by atoms with Gasteiger partial charge in [-0.2, -0.15) is 4.98 Å². The molecule has 1 N–H and O–H groups in total. The van der Waals surface area contributed by atoms with Crippen LogP contribution < -0.4 is 4.74 Å². The van der Waals surface area contributed by atoms with E-state index < -0.39 is 5.97 Å². The Bertz CT molecular complexity index is 696. The fourth-order valence-electron chi connectivity index (χ4n) is 2.49. The van der Waals surface area contributed by atoms with Crippen LogP contribution in [0.2, 0.25) is 0 Å². The van der Waals surface area contributed by atoms with E-state index in [9.17, 15) is 4.79 Å². The van der Waals surface area contributed by atoms with E-state index in [1.165, 1.54) is 18.2 Å². The molecular formula is C17H20N2O3. The lowest BCUT2D eigenvalue weighted by atomic mass is 9.93. The first-order valence-electron chi connectivity index (χ1n) is 7.16. The van der Waals surface area contributed by atoms with Crippen molar-refractivity contribution >= 4 is 5.97 Å². The second-order valence-electron chi connectivity index (χ2n) is 5.46. The first kappa shape index (κ1) is 15.9. The van der Waals surface area contributed by atoms with E-state index in [0.717, 1.165) is 5.56 Å². The van der Waals surface area contributed by atoms with Crippen LogP contribution in [0.1, 0.15) is 52.8 Å². The van der Waals surface area contributed by atoms with Crippen LogP contribution in [-0.2, 0) is 6.42 Å². The van der Waals surface area contributed by atoms with Gasteiger partial charge in [-0.25, -0.2) is 9.78 Å². The molecule has 2 aromatic rings. The predicted octanol–water partition coefficient (Wildman–Crippen LogP) is 3.21. The molecule has 0 saturated carbocycles. The summed E-state index contributed by atoms with van der Waals surface area (Å²) in [5.74, 6) is -0.670. The van der Waals surface area contributed by atoms with Crippen LogP contribution in [0.4, 0.5) is 0 Å². The summed E-state index contributed by atoms with van der Waals surface area (Å²) >= 11 is 0. The molecule has 116 valence electrons. The number of aromatic carboxylic acids is 1. The number of methoxy groups -OCH3 is 1. The Labute approximate surface area is 130 Å². The summed E-state index contributed by atoms with van der Waals surface area (Å²) in [7, 11) is 1.49. The monoisotopic (exact) mass is 300 g/mol. The Balaban J connectivity index is 2.48. The van der Waals surface area contributed by atoms with Crippen LogP contribution in [0.15, 0.2) is 24.3 Å². The molecule has 0 spiro atoms. The zero-order valence-electron chi connectivity index (χ0n) is 13.3. The first-order valence-corrected chi connectivity index (χ1v) is 7.16. The molecule has 0 aliphatic carbocycles. The second kappa shape index (κ2) is 6.56. The maximum Gasteiger partial charge on any atom is 0.374 e. The Kier molecular flexibility index (Phi) is 4.75. The van der Waals surface area contributed by atoms with E-state index in [1.54, 1.807) is 6.92 Å². The molecule has 1 aromatic carbocycles. The van der Waals surface area contributed by atoms with Crippen LogP contribution in [0.5, 0.6) is 5.88 Å². The summed E-state index contributed by atoms with van der Waals surface area (Å²) in [6, 6.07) is 8.19. The molecule has 5 heteroatoms. The molecule has 0 saturated heterocycles. The molecule has 0 unspecified atom stereocenters. The summed E-state index contributed by atoms with van der Waals surface area (Å²) in [5, 5.41) is 9.05. The van der Waals surface area contributed by atoms with Crippen LogP contribution in [0.3, 0.4) is 0 Å². The summed E-state index contributed by atoms with van der Waals surface area (Å²) in [5.41, 5.74) is 3.88. The van der Waals surface area contributed by atoms with Crippen molar-refractivity contribution in [2.24, 2.45) is 0 Å². The third-order valence-corrected chi connectivity index (χ3v) is 3.60. The lowest BCUT2D eigenvalue weighted by Crippen LogP contribution is -2.11. The van der Waals surface area contributed by atoms with Gasteiger partial charge in [-0.1, -0.05) is 38.1 Å². The minimum absolute atomic E-state index is 0.241. The summed E-state index contributed by atoms with van der Waals surface area (Å²) in [4.78, 5) is 19.1. The number of hydrogen-bond donors (Lipinski definition) is 1. The SMILES string of the molecule is COc1nc(C(=O)O)nc(C)c1Cc1ccccc1C(C)C. The van der Waals surface area contributed by atoms with Crippen LogP contribution in [0, 0.1) is 6.92 Å². The Morgan fingerprint density at radius 3 is 2.55 bits per heavy atom. The number of carboxylic acid groups (broad SMARTS) is 1. The van der Waals surface area contributed by atoms with Gasteiger partial charge in [-0.05, 0) is 24.0 Å². The molecule has 5 nitrogen and oxygen atoms in total. The lowest BCUT2D eigenvalue weighted by Gasteiger charge is -2.15.